The Morgan fingerprint density at radius 2 is 2.00 bits per heavy atom. The average Bonchev–Trinajstić information content (AvgIpc) is 3.10. The molecule has 1 saturated carbocycles. The number of hydrogen-bond donors (Lipinski definition) is 2. The summed E-state index contributed by atoms with van der Waals surface area (Å²) >= 11 is 0. The van der Waals surface area contributed by atoms with E-state index >= 15 is 0 Å². The van der Waals surface area contributed by atoms with Crippen molar-refractivity contribution in [1.82, 2.24) is 10.2 Å². The zero-order valence-electron chi connectivity index (χ0n) is 12.4. The second-order valence-electron chi connectivity index (χ2n) is 6.17. The predicted molar refractivity (Wildman–Crippen MR) is 73.9 cm³/mol. The minimum Gasteiger partial charge on any atom is -0.480 e. The molecule has 5 nitrogen and oxygen atoms in total. The molecule has 0 aliphatic heterocycles. The smallest absolute Gasteiger partial charge is 0.317 e. The molecule has 1 rings (SSSR count). The lowest BCUT2D eigenvalue weighted by Gasteiger charge is -2.31. The number of carbonyl (C=O) groups is 2. The Morgan fingerprint density at radius 3 is 2.42 bits per heavy atom. The van der Waals surface area contributed by atoms with Crippen LogP contribution in [0.25, 0.3) is 0 Å². The van der Waals surface area contributed by atoms with Crippen LogP contribution in [-0.4, -0.2) is 46.6 Å². The van der Waals surface area contributed by atoms with Crippen LogP contribution in [0.15, 0.2) is 0 Å². The first-order chi connectivity index (χ1) is 8.75. The fourth-order valence-electron chi connectivity index (χ4n) is 1.86. The third kappa shape index (κ3) is 5.59. The summed E-state index contributed by atoms with van der Waals surface area (Å²) < 4.78 is 0. The van der Waals surface area contributed by atoms with Crippen LogP contribution in [0.4, 0.5) is 0 Å². The highest BCUT2D eigenvalue weighted by Crippen LogP contribution is 2.30. The first-order valence-corrected chi connectivity index (χ1v) is 7.03. The molecule has 1 aliphatic rings. The Morgan fingerprint density at radius 1 is 1.42 bits per heavy atom. The zero-order valence-corrected chi connectivity index (χ0v) is 12.4. The molecule has 1 amide bonds. The topological polar surface area (TPSA) is 69.6 Å². The van der Waals surface area contributed by atoms with Crippen LogP contribution in [0.3, 0.4) is 0 Å². The molecule has 19 heavy (non-hydrogen) atoms. The number of carbonyl (C=O) groups excluding carboxylic acids is 1. The maximum atomic E-state index is 12.2. The molecule has 1 atom stereocenters. The van der Waals surface area contributed by atoms with Crippen molar-refractivity contribution in [3.63, 3.8) is 0 Å². The quantitative estimate of drug-likeness (QED) is 0.701. The molecule has 0 aromatic carbocycles. The van der Waals surface area contributed by atoms with Gasteiger partial charge in [-0.2, -0.15) is 0 Å². The third-order valence-corrected chi connectivity index (χ3v) is 3.80. The number of nitrogens with zero attached hydrogens (tertiary/aromatic N) is 1. The van der Waals surface area contributed by atoms with E-state index in [2.05, 4.69) is 5.32 Å². The molecule has 2 N–H and O–H groups in total. The monoisotopic (exact) mass is 270 g/mol. The molecule has 0 aromatic heterocycles. The number of amides is 1. The molecule has 0 spiro atoms. The second-order valence-corrected chi connectivity index (χ2v) is 6.17. The largest absolute Gasteiger partial charge is 0.480 e. The molecule has 0 radical (unpaired) electrons. The van der Waals surface area contributed by atoms with Crippen molar-refractivity contribution in [2.45, 2.75) is 58.5 Å². The molecule has 5 heteroatoms. The second kappa shape index (κ2) is 6.37. The Kier molecular flexibility index (Phi) is 5.35. The molecular weight excluding hydrogens is 244 g/mol. The van der Waals surface area contributed by atoms with Crippen LogP contribution < -0.4 is 5.32 Å². The Bertz CT molecular complexity index is 338. The first-order valence-electron chi connectivity index (χ1n) is 7.03. The van der Waals surface area contributed by atoms with Crippen LogP contribution in [0.2, 0.25) is 0 Å². The van der Waals surface area contributed by atoms with Gasteiger partial charge in [0.1, 0.15) is 0 Å². The van der Waals surface area contributed by atoms with Crippen LogP contribution in [0, 0.1) is 5.92 Å². The Balaban J connectivity index is 2.60. The van der Waals surface area contributed by atoms with E-state index in [-0.39, 0.29) is 18.0 Å². The highest BCUT2D eigenvalue weighted by atomic mass is 16.4. The maximum absolute atomic E-state index is 12.2. The fourth-order valence-corrected chi connectivity index (χ4v) is 1.86. The standard InChI is InChI=1S/C14H26N2O3/c1-5-14(3,4)15-13(19)10(2)16(9-12(17)18)8-11-6-7-11/h10-11H,5-9H2,1-4H3,(H,15,19)(H,17,18). The van der Waals surface area contributed by atoms with Gasteiger partial charge in [0.25, 0.3) is 0 Å². The van der Waals surface area contributed by atoms with E-state index in [1.165, 1.54) is 0 Å². The van der Waals surface area contributed by atoms with Crippen LogP contribution >= 0.6 is 0 Å². The minimum atomic E-state index is -0.880. The molecule has 0 bridgehead atoms. The van der Waals surface area contributed by atoms with Gasteiger partial charge < -0.3 is 10.4 Å². The number of carboxylic acid groups (broad SMARTS) is 1. The summed E-state index contributed by atoms with van der Waals surface area (Å²) in [6.45, 7) is 8.38. The van der Waals surface area contributed by atoms with E-state index in [1.807, 2.05) is 20.8 Å². The highest BCUT2D eigenvalue weighted by molar-refractivity contribution is 5.82. The first kappa shape index (κ1) is 16.0. The summed E-state index contributed by atoms with van der Waals surface area (Å²) in [5, 5.41) is 11.9. The summed E-state index contributed by atoms with van der Waals surface area (Å²) in [5.41, 5.74) is -0.250. The Hall–Kier alpha value is -1.10. The van der Waals surface area contributed by atoms with Gasteiger partial charge in [0.2, 0.25) is 5.91 Å². The third-order valence-electron chi connectivity index (χ3n) is 3.80. The van der Waals surface area contributed by atoms with Crippen molar-refractivity contribution >= 4 is 11.9 Å². The van der Waals surface area contributed by atoms with Crippen molar-refractivity contribution < 1.29 is 14.7 Å². The summed E-state index contributed by atoms with van der Waals surface area (Å²) in [6, 6.07) is -0.400. The molecule has 0 aromatic rings. The highest BCUT2D eigenvalue weighted by Gasteiger charge is 2.31. The molecular formula is C14H26N2O3. The summed E-state index contributed by atoms with van der Waals surface area (Å²) in [7, 11) is 0. The van der Waals surface area contributed by atoms with Gasteiger partial charge in [-0.25, -0.2) is 0 Å². The number of rotatable bonds is 8. The van der Waals surface area contributed by atoms with Crippen molar-refractivity contribution in [3.05, 3.63) is 0 Å². The van der Waals surface area contributed by atoms with Crippen molar-refractivity contribution in [1.29, 1.82) is 0 Å². The van der Waals surface area contributed by atoms with E-state index in [1.54, 1.807) is 11.8 Å². The summed E-state index contributed by atoms with van der Waals surface area (Å²) in [4.78, 5) is 24.9. The van der Waals surface area contributed by atoms with E-state index in [9.17, 15) is 9.59 Å². The predicted octanol–water partition coefficient (Wildman–Crippen LogP) is 1.48. The van der Waals surface area contributed by atoms with Gasteiger partial charge in [0.05, 0.1) is 12.6 Å². The summed E-state index contributed by atoms with van der Waals surface area (Å²) in [5.74, 6) is -0.405. The van der Waals surface area contributed by atoms with E-state index in [4.69, 9.17) is 5.11 Å². The van der Waals surface area contributed by atoms with Crippen LogP contribution in [-0.2, 0) is 9.59 Å². The van der Waals surface area contributed by atoms with E-state index in [0.29, 0.717) is 12.5 Å². The van der Waals surface area contributed by atoms with Gasteiger partial charge in [0.15, 0.2) is 0 Å². The van der Waals surface area contributed by atoms with Gasteiger partial charge in [-0.3, -0.25) is 14.5 Å². The zero-order chi connectivity index (χ0) is 14.6. The lowest BCUT2D eigenvalue weighted by Crippen LogP contribution is -2.53. The lowest BCUT2D eigenvalue weighted by atomic mass is 10.0. The van der Waals surface area contributed by atoms with E-state index < -0.39 is 12.0 Å². The minimum absolute atomic E-state index is 0.0718. The number of carboxylic acids is 1. The molecule has 1 unspecified atom stereocenters. The normalized spacial score (nSPS) is 17.3. The number of nitrogens with one attached hydrogen (secondary N) is 1. The molecule has 0 heterocycles. The van der Waals surface area contributed by atoms with Gasteiger partial charge in [-0.15, -0.1) is 0 Å². The number of hydrogen-bond acceptors (Lipinski definition) is 3. The SMILES string of the molecule is CCC(C)(C)NC(=O)C(C)N(CC(=O)O)CC1CC1. The molecule has 1 fully saturated rings. The van der Waals surface area contributed by atoms with Gasteiger partial charge >= 0.3 is 5.97 Å². The van der Waals surface area contributed by atoms with Gasteiger partial charge in [-0.05, 0) is 46.0 Å². The average molecular weight is 270 g/mol. The van der Waals surface area contributed by atoms with Crippen molar-refractivity contribution in [2.75, 3.05) is 13.1 Å². The summed E-state index contributed by atoms with van der Waals surface area (Å²) in [6.07, 6.45) is 3.13. The Labute approximate surface area is 115 Å². The van der Waals surface area contributed by atoms with Crippen LogP contribution in [0.5, 0.6) is 0 Å². The molecule has 1 aliphatic carbocycles. The molecule has 0 saturated heterocycles. The van der Waals surface area contributed by atoms with Crippen molar-refractivity contribution in [2.24, 2.45) is 5.92 Å². The number of aliphatic carboxylic acids is 1. The lowest BCUT2D eigenvalue weighted by molar-refractivity contribution is -0.140. The van der Waals surface area contributed by atoms with Gasteiger partial charge in [-0.1, -0.05) is 6.92 Å². The fraction of sp³-hybridized carbons (Fsp3) is 0.857. The van der Waals surface area contributed by atoms with Gasteiger partial charge in [0, 0.05) is 12.1 Å². The van der Waals surface area contributed by atoms with E-state index in [0.717, 1.165) is 19.3 Å². The van der Waals surface area contributed by atoms with Crippen molar-refractivity contribution in [3.8, 4) is 0 Å². The molecule has 110 valence electrons. The van der Waals surface area contributed by atoms with Crippen LogP contribution in [0.1, 0.15) is 47.0 Å². The maximum Gasteiger partial charge on any atom is 0.317 e.